The van der Waals surface area contributed by atoms with Gasteiger partial charge in [0.1, 0.15) is 5.69 Å². The number of thiazole rings is 1. The van der Waals surface area contributed by atoms with Crippen LogP contribution in [0.3, 0.4) is 0 Å². The van der Waals surface area contributed by atoms with Gasteiger partial charge in [-0.05, 0) is 38.5 Å². The highest BCUT2D eigenvalue weighted by Crippen LogP contribution is 2.28. The van der Waals surface area contributed by atoms with Gasteiger partial charge in [-0.3, -0.25) is 4.79 Å². The van der Waals surface area contributed by atoms with Crippen LogP contribution in [-0.4, -0.2) is 36.6 Å². The Morgan fingerprint density at radius 1 is 1.30 bits per heavy atom. The van der Waals surface area contributed by atoms with Crippen LogP contribution in [0.25, 0.3) is 0 Å². The van der Waals surface area contributed by atoms with Crippen LogP contribution in [0.4, 0.5) is 0 Å². The standard InChI is InChI=1S/C17H22N2O3S/c1-6-22-14-8-7-13(9-15(14)21-5)10-19(4)17(20)16-11(2)23-12(3)18-16/h7-9H,6,10H2,1-5H3. The van der Waals surface area contributed by atoms with E-state index in [9.17, 15) is 4.79 Å². The number of benzene rings is 1. The van der Waals surface area contributed by atoms with Crippen LogP contribution in [0.5, 0.6) is 11.5 Å². The topological polar surface area (TPSA) is 51.7 Å². The fourth-order valence-corrected chi connectivity index (χ4v) is 3.15. The number of nitrogens with zero attached hydrogens (tertiary/aromatic N) is 2. The van der Waals surface area contributed by atoms with Crippen LogP contribution in [0.15, 0.2) is 18.2 Å². The summed E-state index contributed by atoms with van der Waals surface area (Å²) in [7, 11) is 3.39. The predicted molar refractivity (Wildman–Crippen MR) is 91.5 cm³/mol. The highest BCUT2D eigenvalue weighted by atomic mass is 32.1. The number of methoxy groups -OCH3 is 1. The fourth-order valence-electron chi connectivity index (χ4n) is 2.34. The number of amides is 1. The lowest BCUT2D eigenvalue weighted by Crippen LogP contribution is -2.27. The van der Waals surface area contributed by atoms with E-state index in [4.69, 9.17) is 9.47 Å². The van der Waals surface area contributed by atoms with Gasteiger partial charge in [0.05, 0.1) is 18.7 Å². The third-order valence-corrected chi connectivity index (χ3v) is 4.29. The molecule has 0 fully saturated rings. The van der Waals surface area contributed by atoms with E-state index in [1.54, 1.807) is 19.1 Å². The Hall–Kier alpha value is -2.08. The van der Waals surface area contributed by atoms with E-state index in [0.29, 0.717) is 30.3 Å². The Balaban J connectivity index is 2.15. The molecule has 0 radical (unpaired) electrons. The lowest BCUT2D eigenvalue weighted by molar-refractivity contribution is 0.0779. The molecule has 0 unspecified atom stereocenters. The number of carbonyl (C=O) groups is 1. The molecule has 0 atom stereocenters. The number of hydrogen-bond acceptors (Lipinski definition) is 5. The van der Waals surface area contributed by atoms with E-state index in [0.717, 1.165) is 15.4 Å². The van der Waals surface area contributed by atoms with E-state index >= 15 is 0 Å². The molecule has 23 heavy (non-hydrogen) atoms. The first kappa shape index (κ1) is 17.3. The van der Waals surface area contributed by atoms with Crippen LogP contribution in [-0.2, 0) is 6.54 Å². The lowest BCUT2D eigenvalue weighted by Gasteiger charge is -2.18. The van der Waals surface area contributed by atoms with Crippen molar-refractivity contribution < 1.29 is 14.3 Å². The SMILES string of the molecule is CCOc1ccc(CN(C)C(=O)c2nc(C)sc2C)cc1OC. The van der Waals surface area contributed by atoms with Gasteiger partial charge < -0.3 is 14.4 Å². The van der Waals surface area contributed by atoms with Crippen molar-refractivity contribution in [2.75, 3.05) is 20.8 Å². The van der Waals surface area contributed by atoms with Gasteiger partial charge in [0.2, 0.25) is 0 Å². The molecule has 2 rings (SSSR count). The molecule has 1 aromatic heterocycles. The maximum Gasteiger partial charge on any atom is 0.273 e. The van der Waals surface area contributed by atoms with Crippen molar-refractivity contribution in [2.45, 2.75) is 27.3 Å². The second-order valence-corrected chi connectivity index (χ2v) is 6.62. The molecule has 0 saturated carbocycles. The molecule has 1 aromatic carbocycles. The van der Waals surface area contributed by atoms with Gasteiger partial charge in [0.15, 0.2) is 11.5 Å². The van der Waals surface area contributed by atoms with Crippen molar-refractivity contribution in [1.82, 2.24) is 9.88 Å². The minimum Gasteiger partial charge on any atom is -0.493 e. The zero-order chi connectivity index (χ0) is 17.0. The van der Waals surface area contributed by atoms with Gasteiger partial charge in [0, 0.05) is 18.5 Å². The normalized spacial score (nSPS) is 10.5. The molecule has 1 amide bonds. The maximum absolute atomic E-state index is 12.5. The van der Waals surface area contributed by atoms with Crippen molar-refractivity contribution >= 4 is 17.2 Å². The monoisotopic (exact) mass is 334 g/mol. The molecule has 0 aliphatic rings. The van der Waals surface area contributed by atoms with Crippen LogP contribution in [0.1, 0.15) is 32.9 Å². The first-order valence-electron chi connectivity index (χ1n) is 7.45. The van der Waals surface area contributed by atoms with E-state index in [-0.39, 0.29) is 5.91 Å². The molecule has 0 bridgehead atoms. The summed E-state index contributed by atoms with van der Waals surface area (Å²) < 4.78 is 10.9. The van der Waals surface area contributed by atoms with Crippen LogP contribution < -0.4 is 9.47 Å². The van der Waals surface area contributed by atoms with E-state index in [1.807, 2.05) is 39.0 Å². The third-order valence-electron chi connectivity index (χ3n) is 3.40. The molecular formula is C17H22N2O3S. The number of aromatic nitrogens is 1. The summed E-state index contributed by atoms with van der Waals surface area (Å²) in [5.74, 6) is 1.31. The maximum atomic E-state index is 12.5. The summed E-state index contributed by atoms with van der Waals surface area (Å²) >= 11 is 1.54. The average molecular weight is 334 g/mol. The summed E-state index contributed by atoms with van der Waals surface area (Å²) in [5.41, 5.74) is 1.51. The van der Waals surface area contributed by atoms with E-state index in [1.165, 1.54) is 11.3 Å². The molecule has 0 saturated heterocycles. The average Bonchev–Trinajstić information content (AvgIpc) is 2.86. The molecule has 0 spiro atoms. The van der Waals surface area contributed by atoms with Crippen molar-refractivity contribution in [3.05, 3.63) is 39.3 Å². The molecule has 6 heteroatoms. The van der Waals surface area contributed by atoms with Gasteiger partial charge in [-0.2, -0.15) is 0 Å². The molecule has 0 N–H and O–H groups in total. The Kier molecular flexibility index (Phi) is 5.60. The van der Waals surface area contributed by atoms with Crippen LogP contribution >= 0.6 is 11.3 Å². The summed E-state index contributed by atoms with van der Waals surface area (Å²) in [4.78, 5) is 19.5. The third kappa shape index (κ3) is 4.01. The molecule has 0 aliphatic carbocycles. The second-order valence-electron chi connectivity index (χ2n) is 5.22. The molecular weight excluding hydrogens is 312 g/mol. The summed E-state index contributed by atoms with van der Waals surface area (Å²) in [6.07, 6.45) is 0. The first-order chi connectivity index (χ1) is 11.0. The van der Waals surface area contributed by atoms with Crippen LogP contribution in [0, 0.1) is 13.8 Å². The van der Waals surface area contributed by atoms with Gasteiger partial charge >= 0.3 is 0 Å². The lowest BCUT2D eigenvalue weighted by atomic mass is 10.2. The van der Waals surface area contributed by atoms with Gasteiger partial charge in [-0.15, -0.1) is 11.3 Å². The van der Waals surface area contributed by atoms with Crippen molar-refractivity contribution in [3.63, 3.8) is 0 Å². The van der Waals surface area contributed by atoms with Crippen molar-refractivity contribution in [1.29, 1.82) is 0 Å². The highest BCUT2D eigenvalue weighted by Gasteiger charge is 2.18. The minimum atomic E-state index is -0.0697. The number of carbonyl (C=O) groups excluding carboxylic acids is 1. The zero-order valence-electron chi connectivity index (χ0n) is 14.2. The summed E-state index contributed by atoms with van der Waals surface area (Å²) in [6.45, 7) is 6.82. The number of aryl methyl sites for hydroxylation is 2. The van der Waals surface area contributed by atoms with Gasteiger partial charge in [0.25, 0.3) is 5.91 Å². The van der Waals surface area contributed by atoms with E-state index in [2.05, 4.69) is 4.98 Å². The highest BCUT2D eigenvalue weighted by molar-refractivity contribution is 7.11. The fraction of sp³-hybridized carbons (Fsp3) is 0.412. The molecule has 1 heterocycles. The first-order valence-corrected chi connectivity index (χ1v) is 8.27. The summed E-state index contributed by atoms with van der Waals surface area (Å²) in [6, 6.07) is 5.71. The zero-order valence-corrected chi connectivity index (χ0v) is 15.0. The Labute approximate surface area is 140 Å². The van der Waals surface area contributed by atoms with Gasteiger partial charge in [-0.1, -0.05) is 6.07 Å². The van der Waals surface area contributed by atoms with Gasteiger partial charge in [-0.25, -0.2) is 4.98 Å². The minimum absolute atomic E-state index is 0.0697. The second kappa shape index (κ2) is 7.46. The Morgan fingerprint density at radius 2 is 2.04 bits per heavy atom. The predicted octanol–water partition coefficient (Wildman–Crippen LogP) is 3.44. The Bertz CT molecular complexity index is 697. The molecule has 5 nitrogen and oxygen atoms in total. The number of rotatable bonds is 6. The van der Waals surface area contributed by atoms with E-state index < -0.39 is 0 Å². The quantitative estimate of drug-likeness (QED) is 0.812. The van der Waals surface area contributed by atoms with Crippen LogP contribution in [0.2, 0.25) is 0 Å². The number of hydrogen-bond donors (Lipinski definition) is 0. The Morgan fingerprint density at radius 3 is 2.61 bits per heavy atom. The molecule has 2 aromatic rings. The largest absolute Gasteiger partial charge is 0.493 e. The smallest absolute Gasteiger partial charge is 0.273 e. The molecule has 0 aliphatic heterocycles. The number of ether oxygens (including phenoxy) is 2. The molecule has 124 valence electrons. The van der Waals surface area contributed by atoms with Crippen molar-refractivity contribution in [3.8, 4) is 11.5 Å². The summed E-state index contributed by atoms with van der Waals surface area (Å²) in [5, 5.41) is 0.905. The van der Waals surface area contributed by atoms with Crippen molar-refractivity contribution in [2.24, 2.45) is 0 Å².